The van der Waals surface area contributed by atoms with E-state index in [1.54, 1.807) is 13.8 Å². The highest BCUT2D eigenvalue weighted by atomic mass is 16.5. The molecule has 0 heterocycles. The lowest BCUT2D eigenvalue weighted by molar-refractivity contribution is -0.152. The molecule has 1 N–H and O–H groups in total. The van der Waals surface area contributed by atoms with Gasteiger partial charge in [-0.05, 0) is 5.92 Å². The number of hydrogen-bond donors (Lipinski definition) is 1. The maximum atomic E-state index is 10.5. The molecule has 0 unspecified atom stereocenters. The van der Waals surface area contributed by atoms with Crippen LogP contribution in [-0.4, -0.2) is 24.3 Å². The van der Waals surface area contributed by atoms with Crippen LogP contribution in [0.15, 0.2) is 0 Å². The van der Waals surface area contributed by atoms with E-state index in [1.165, 1.54) is 7.11 Å². The summed E-state index contributed by atoms with van der Waals surface area (Å²) in [6.45, 7) is 3.50. The van der Waals surface area contributed by atoms with Crippen molar-refractivity contribution >= 4 is 5.97 Å². The van der Waals surface area contributed by atoms with Gasteiger partial charge >= 0.3 is 5.97 Å². The van der Waals surface area contributed by atoms with Gasteiger partial charge in [0.2, 0.25) is 0 Å². The van der Waals surface area contributed by atoms with Gasteiger partial charge in [0.15, 0.2) is 6.10 Å². The molecule has 0 spiro atoms. The molecule has 0 aromatic heterocycles. The van der Waals surface area contributed by atoms with Crippen molar-refractivity contribution in [2.45, 2.75) is 20.0 Å². The molecule has 0 aliphatic rings. The quantitative estimate of drug-likeness (QED) is 0.545. The summed E-state index contributed by atoms with van der Waals surface area (Å²) in [4.78, 5) is 10.5. The first-order valence-corrected chi connectivity index (χ1v) is 2.85. The van der Waals surface area contributed by atoms with Crippen molar-refractivity contribution in [3.05, 3.63) is 0 Å². The van der Waals surface area contributed by atoms with E-state index in [4.69, 9.17) is 5.11 Å². The van der Waals surface area contributed by atoms with Crippen molar-refractivity contribution in [2.75, 3.05) is 7.11 Å². The van der Waals surface area contributed by atoms with E-state index in [0.717, 1.165) is 0 Å². The summed E-state index contributed by atoms with van der Waals surface area (Å²) in [7, 11) is 1.26. The topological polar surface area (TPSA) is 46.5 Å². The highest BCUT2D eigenvalue weighted by Gasteiger charge is 2.18. The largest absolute Gasteiger partial charge is 0.467 e. The Hall–Kier alpha value is -0.570. The molecule has 9 heavy (non-hydrogen) atoms. The number of esters is 1. The van der Waals surface area contributed by atoms with Gasteiger partial charge in [0, 0.05) is 0 Å². The first kappa shape index (κ1) is 8.43. The fourth-order valence-corrected chi connectivity index (χ4v) is 0.393. The number of aliphatic hydroxyl groups excluding tert-OH is 1. The van der Waals surface area contributed by atoms with Crippen LogP contribution in [0.2, 0.25) is 0 Å². The van der Waals surface area contributed by atoms with Crippen LogP contribution in [-0.2, 0) is 9.53 Å². The van der Waals surface area contributed by atoms with Crippen molar-refractivity contribution in [3.8, 4) is 0 Å². The lowest BCUT2D eigenvalue weighted by Gasteiger charge is -2.10. The highest BCUT2D eigenvalue weighted by Crippen LogP contribution is 2.01. The predicted molar refractivity (Wildman–Crippen MR) is 32.9 cm³/mol. The molecule has 3 nitrogen and oxygen atoms in total. The molecule has 0 amide bonds. The summed E-state index contributed by atoms with van der Waals surface area (Å²) in [6, 6.07) is 0. The van der Waals surface area contributed by atoms with Gasteiger partial charge in [-0.15, -0.1) is 0 Å². The van der Waals surface area contributed by atoms with Gasteiger partial charge in [0.1, 0.15) is 0 Å². The minimum absolute atomic E-state index is 0.0718. The number of rotatable bonds is 2. The van der Waals surface area contributed by atoms with Crippen LogP contribution >= 0.6 is 0 Å². The van der Waals surface area contributed by atoms with E-state index < -0.39 is 12.1 Å². The third-order valence-corrected chi connectivity index (χ3v) is 1.07. The van der Waals surface area contributed by atoms with Crippen molar-refractivity contribution in [2.24, 2.45) is 5.92 Å². The number of hydrogen-bond acceptors (Lipinski definition) is 3. The van der Waals surface area contributed by atoms with Crippen molar-refractivity contribution < 1.29 is 14.6 Å². The Balaban J connectivity index is 3.72. The molecule has 0 rings (SSSR count). The molecule has 0 bridgehead atoms. The SMILES string of the molecule is COC(=O)[C@H](O)C(C)C. The molecule has 1 atom stereocenters. The lowest BCUT2D eigenvalue weighted by Crippen LogP contribution is -2.26. The number of carbonyl (C=O) groups excluding carboxylic acids is 1. The second kappa shape index (κ2) is 3.45. The second-order valence-corrected chi connectivity index (χ2v) is 2.21. The van der Waals surface area contributed by atoms with E-state index in [2.05, 4.69) is 4.74 Å². The van der Waals surface area contributed by atoms with Crippen molar-refractivity contribution in [1.82, 2.24) is 0 Å². The molecule has 0 aliphatic carbocycles. The maximum absolute atomic E-state index is 10.5. The minimum atomic E-state index is -0.977. The van der Waals surface area contributed by atoms with E-state index in [1.807, 2.05) is 0 Å². The lowest BCUT2D eigenvalue weighted by atomic mass is 10.1. The van der Waals surface area contributed by atoms with E-state index in [9.17, 15) is 4.79 Å². The fraction of sp³-hybridized carbons (Fsp3) is 0.833. The summed E-state index contributed by atoms with van der Waals surface area (Å²) in [5, 5.41) is 8.92. The Morgan fingerprint density at radius 3 is 2.11 bits per heavy atom. The highest BCUT2D eigenvalue weighted by molar-refractivity contribution is 5.74. The summed E-state index contributed by atoms with van der Waals surface area (Å²) in [5.74, 6) is -0.637. The van der Waals surface area contributed by atoms with Gasteiger partial charge in [-0.2, -0.15) is 0 Å². The van der Waals surface area contributed by atoms with Crippen molar-refractivity contribution in [3.63, 3.8) is 0 Å². The standard InChI is InChI=1S/C6H12O3/c1-4(2)5(7)6(8)9-3/h4-5,7H,1-3H3/t5-/m1/s1. The van der Waals surface area contributed by atoms with Gasteiger partial charge in [-0.25, -0.2) is 4.79 Å². The minimum Gasteiger partial charge on any atom is -0.467 e. The number of ether oxygens (including phenoxy) is 1. The van der Waals surface area contributed by atoms with Crippen LogP contribution < -0.4 is 0 Å². The molecule has 0 radical (unpaired) electrons. The Morgan fingerprint density at radius 2 is 2.00 bits per heavy atom. The predicted octanol–water partition coefficient (Wildman–Crippen LogP) is 0.176. The number of carbonyl (C=O) groups is 1. The van der Waals surface area contributed by atoms with Gasteiger partial charge in [0.25, 0.3) is 0 Å². The van der Waals surface area contributed by atoms with Crippen molar-refractivity contribution in [1.29, 1.82) is 0 Å². The molecule has 54 valence electrons. The number of methoxy groups -OCH3 is 1. The molecule has 0 aromatic rings. The Bertz CT molecular complexity index is 98.5. The van der Waals surface area contributed by atoms with Crippen LogP contribution in [0.25, 0.3) is 0 Å². The van der Waals surface area contributed by atoms with Crippen LogP contribution in [0.1, 0.15) is 13.8 Å². The normalized spacial score (nSPS) is 13.4. The van der Waals surface area contributed by atoms with Crippen LogP contribution in [0.5, 0.6) is 0 Å². The zero-order valence-corrected chi connectivity index (χ0v) is 5.92. The molecule has 0 saturated carbocycles. The van der Waals surface area contributed by atoms with Crippen LogP contribution in [0.3, 0.4) is 0 Å². The molecule has 0 fully saturated rings. The third kappa shape index (κ3) is 2.46. The molecule has 0 aromatic carbocycles. The van der Waals surface area contributed by atoms with Crippen LogP contribution in [0.4, 0.5) is 0 Å². The zero-order valence-electron chi connectivity index (χ0n) is 5.92. The second-order valence-electron chi connectivity index (χ2n) is 2.21. The average Bonchev–Trinajstić information content (AvgIpc) is 1.84. The van der Waals surface area contributed by atoms with Gasteiger partial charge in [-0.3, -0.25) is 0 Å². The molecule has 0 saturated heterocycles. The summed E-state index contributed by atoms with van der Waals surface area (Å²) in [6.07, 6.45) is -0.977. The van der Waals surface area contributed by atoms with Crippen LogP contribution in [0, 0.1) is 5.92 Å². The summed E-state index contributed by atoms with van der Waals surface area (Å²) >= 11 is 0. The molecule has 3 heteroatoms. The summed E-state index contributed by atoms with van der Waals surface area (Å²) in [5.41, 5.74) is 0. The Labute approximate surface area is 54.6 Å². The smallest absolute Gasteiger partial charge is 0.334 e. The van der Waals surface area contributed by atoms with Gasteiger partial charge in [0.05, 0.1) is 7.11 Å². The van der Waals surface area contributed by atoms with E-state index in [-0.39, 0.29) is 5.92 Å². The molecular weight excluding hydrogens is 120 g/mol. The third-order valence-electron chi connectivity index (χ3n) is 1.07. The van der Waals surface area contributed by atoms with Gasteiger partial charge < -0.3 is 9.84 Å². The first-order valence-electron chi connectivity index (χ1n) is 2.85. The number of aliphatic hydroxyl groups is 1. The monoisotopic (exact) mass is 132 g/mol. The fourth-order valence-electron chi connectivity index (χ4n) is 0.393. The maximum Gasteiger partial charge on any atom is 0.334 e. The first-order chi connectivity index (χ1) is 4.09. The van der Waals surface area contributed by atoms with Gasteiger partial charge in [-0.1, -0.05) is 13.8 Å². The Morgan fingerprint density at radius 1 is 1.56 bits per heavy atom. The average molecular weight is 132 g/mol. The summed E-state index contributed by atoms with van der Waals surface area (Å²) < 4.78 is 4.28. The molecule has 0 aliphatic heterocycles. The van der Waals surface area contributed by atoms with E-state index in [0.29, 0.717) is 0 Å². The van der Waals surface area contributed by atoms with E-state index >= 15 is 0 Å². The Kier molecular flexibility index (Phi) is 3.24. The zero-order chi connectivity index (χ0) is 7.44. The molecular formula is C6H12O3.